The molecule has 4 saturated carbocycles. The molecule has 2 unspecified atom stereocenters. The van der Waals surface area contributed by atoms with Gasteiger partial charge >= 0.3 is 11.9 Å². The van der Waals surface area contributed by atoms with Gasteiger partial charge in [0.15, 0.2) is 6.29 Å². The lowest BCUT2D eigenvalue weighted by molar-refractivity contribution is -0.330. The summed E-state index contributed by atoms with van der Waals surface area (Å²) in [6.45, 7) is 12.7. The maximum atomic E-state index is 13.8. The highest BCUT2D eigenvalue weighted by Crippen LogP contribution is 2.76. The molecule has 5 aliphatic carbocycles. The van der Waals surface area contributed by atoms with Crippen LogP contribution in [0.2, 0.25) is 0 Å². The van der Waals surface area contributed by atoms with Crippen LogP contribution in [-0.2, 0) is 19.1 Å². The van der Waals surface area contributed by atoms with E-state index in [9.17, 15) is 40.2 Å². The zero-order chi connectivity index (χ0) is 33.8. The van der Waals surface area contributed by atoms with Crippen LogP contribution in [-0.4, -0.2) is 86.0 Å². The van der Waals surface area contributed by atoms with Crippen molar-refractivity contribution >= 4 is 11.9 Å². The van der Waals surface area contributed by atoms with Crippen LogP contribution in [0.3, 0.4) is 0 Å². The number of carboxylic acids is 2. The van der Waals surface area contributed by atoms with Crippen molar-refractivity contribution < 1.29 is 49.7 Å². The van der Waals surface area contributed by atoms with Crippen molar-refractivity contribution in [3.05, 3.63) is 11.6 Å². The minimum Gasteiger partial charge on any atom is -0.481 e. The van der Waals surface area contributed by atoms with Crippen molar-refractivity contribution in [2.45, 2.75) is 143 Å². The molecule has 260 valence electrons. The maximum Gasteiger partial charge on any atom is 0.314 e. The second kappa shape index (κ2) is 11.0. The fourth-order valence-electron chi connectivity index (χ4n) is 12.3. The van der Waals surface area contributed by atoms with Gasteiger partial charge in [0.1, 0.15) is 24.4 Å². The molecular weight excluding hydrogens is 592 g/mol. The number of fused-ring (bicyclic) bond motifs is 7. The maximum absolute atomic E-state index is 13.8. The monoisotopic (exact) mass is 648 g/mol. The number of aliphatic carboxylic acids is 2. The molecule has 0 aromatic heterocycles. The number of rotatable bonds is 5. The van der Waals surface area contributed by atoms with Gasteiger partial charge in [0, 0.05) is 0 Å². The molecule has 10 nitrogen and oxygen atoms in total. The summed E-state index contributed by atoms with van der Waals surface area (Å²) in [5, 5.41) is 62.9. The van der Waals surface area contributed by atoms with E-state index >= 15 is 0 Å². The van der Waals surface area contributed by atoms with Crippen molar-refractivity contribution in [2.75, 3.05) is 6.61 Å². The van der Waals surface area contributed by atoms with Gasteiger partial charge in [-0.3, -0.25) is 9.59 Å². The first-order valence-electron chi connectivity index (χ1n) is 17.5. The van der Waals surface area contributed by atoms with Crippen LogP contribution >= 0.6 is 0 Å². The average molecular weight is 649 g/mol. The van der Waals surface area contributed by atoms with E-state index in [2.05, 4.69) is 47.6 Å². The Morgan fingerprint density at radius 2 is 1.52 bits per heavy atom. The number of allylic oxidation sites excluding steroid dienone is 1. The first kappa shape index (κ1) is 34.3. The summed E-state index contributed by atoms with van der Waals surface area (Å²) in [6, 6.07) is 0. The van der Waals surface area contributed by atoms with E-state index < -0.39 is 70.9 Å². The normalized spacial score (nSPS) is 51.0. The Bertz CT molecular complexity index is 1280. The van der Waals surface area contributed by atoms with Crippen LogP contribution in [0.15, 0.2) is 11.6 Å². The molecule has 1 heterocycles. The number of carbonyl (C=O) groups is 2. The summed E-state index contributed by atoms with van der Waals surface area (Å²) in [4.78, 5) is 26.7. The van der Waals surface area contributed by atoms with Gasteiger partial charge in [0.05, 0.1) is 23.5 Å². The van der Waals surface area contributed by atoms with E-state index in [1.165, 1.54) is 0 Å². The fraction of sp³-hybridized carbons (Fsp3) is 0.889. The highest BCUT2D eigenvalue weighted by atomic mass is 16.7. The minimum atomic E-state index is -1.51. The Morgan fingerprint density at radius 3 is 2.15 bits per heavy atom. The predicted molar refractivity (Wildman–Crippen MR) is 167 cm³/mol. The van der Waals surface area contributed by atoms with Gasteiger partial charge in [0.25, 0.3) is 0 Å². The Kier molecular flexibility index (Phi) is 8.18. The van der Waals surface area contributed by atoms with Gasteiger partial charge in [-0.05, 0) is 104 Å². The Morgan fingerprint density at radius 1 is 0.848 bits per heavy atom. The number of carboxylic acid groups (broad SMARTS) is 2. The van der Waals surface area contributed by atoms with Crippen molar-refractivity contribution in [3.8, 4) is 0 Å². The van der Waals surface area contributed by atoms with E-state index in [4.69, 9.17) is 9.47 Å². The summed E-state index contributed by atoms with van der Waals surface area (Å²) < 4.78 is 12.1. The average Bonchev–Trinajstić information content (AvgIpc) is 2.97. The molecule has 13 atom stereocenters. The Balaban J connectivity index is 1.34. The van der Waals surface area contributed by atoms with Gasteiger partial charge in [0.2, 0.25) is 0 Å². The van der Waals surface area contributed by atoms with Crippen LogP contribution in [0.5, 0.6) is 0 Å². The Labute approximate surface area is 272 Å². The van der Waals surface area contributed by atoms with Gasteiger partial charge in [-0.15, -0.1) is 0 Å². The van der Waals surface area contributed by atoms with Gasteiger partial charge in [-0.2, -0.15) is 0 Å². The molecule has 5 fully saturated rings. The molecule has 0 aromatic carbocycles. The molecule has 1 saturated heterocycles. The van der Waals surface area contributed by atoms with Crippen LogP contribution in [0, 0.1) is 50.2 Å². The number of aliphatic hydroxyl groups excluding tert-OH is 4. The molecule has 6 rings (SSSR count). The van der Waals surface area contributed by atoms with E-state index in [1.807, 2.05) is 0 Å². The van der Waals surface area contributed by atoms with Gasteiger partial charge in [-0.1, -0.05) is 53.2 Å². The van der Waals surface area contributed by atoms with Crippen LogP contribution in [0.4, 0.5) is 0 Å². The lowest BCUT2D eigenvalue weighted by Crippen LogP contribution is -2.68. The summed E-state index contributed by atoms with van der Waals surface area (Å²) in [7, 11) is 0. The first-order chi connectivity index (χ1) is 21.3. The van der Waals surface area contributed by atoms with Crippen molar-refractivity contribution in [1.29, 1.82) is 0 Å². The minimum absolute atomic E-state index is 0.0587. The summed E-state index contributed by atoms with van der Waals surface area (Å²) >= 11 is 0. The van der Waals surface area contributed by atoms with E-state index in [0.717, 1.165) is 31.3 Å². The molecule has 1 aliphatic heterocycles. The van der Waals surface area contributed by atoms with E-state index in [0.29, 0.717) is 38.5 Å². The fourth-order valence-corrected chi connectivity index (χ4v) is 12.3. The lowest BCUT2D eigenvalue weighted by Gasteiger charge is -2.70. The first-order valence-corrected chi connectivity index (χ1v) is 17.5. The third kappa shape index (κ3) is 4.49. The second-order valence-electron chi connectivity index (χ2n) is 17.7. The second-order valence-corrected chi connectivity index (χ2v) is 17.7. The molecule has 0 bridgehead atoms. The SMILES string of the molecule is CC1(C)CC[C@]2(C(=O)O)CC[C@]3(C(=O)O)C(=CCC4[C@@]5(C)CC[C@H](O[C@@H]6O[C@H](CO)[C@@H](O)[C@H](O)[C@H]6O)C(C)(C)C5CC[C@]43C)[C@@H]2C1. The standard InChI is InChI=1S/C36H56O10/c1-31(2)13-14-35(29(41)42)15-16-36(30(43)44)19(20(35)17-31)7-8-23-33(5)11-10-24(32(3,4)22(33)9-12-34(23,36)6)46-28-27(40)26(39)25(38)21(18-37)45-28/h7,20-28,37-40H,8-18H2,1-6H3,(H,41,42)(H,43,44)/t20-,21+,22?,23?,24-,25+,26-,27+,28-,33-,34+,35-,36+/m0/s1. The van der Waals surface area contributed by atoms with Crippen molar-refractivity contribution in [1.82, 2.24) is 0 Å². The number of hydrogen-bond acceptors (Lipinski definition) is 8. The highest BCUT2D eigenvalue weighted by Gasteiger charge is 2.73. The highest BCUT2D eigenvalue weighted by molar-refractivity contribution is 5.84. The predicted octanol–water partition coefficient (Wildman–Crippen LogP) is 4.12. The van der Waals surface area contributed by atoms with Crippen LogP contribution in [0.25, 0.3) is 0 Å². The van der Waals surface area contributed by atoms with Crippen LogP contribution in [0.1, 0.15) is 106 Å². The third-order valence-corrected chi connectivity index (χ3v) is 15.0. The van der Waals surface area contributed by atoms with Crippen molar-refractivity contribution in [3.63, 3.8) is 0 Å². The van der Waals surface area contributed by atoms with E-state index in [1.54, 1.807) is 0 Å². The molecule has 6 aliphatic rings. The van der Waals surface area contributed by atoms with E-state index in [-0.39, 0.29) is 34.7 Å². The molecule has 0 spiro atoms. The zero-order valence-corrected chi connectivity index (χ0v) is 28.4. The van der Waals surface area contributed by atoms with Crippen LogP contribution < -0.4 is 0 Å². The molecule has 0 amide bonds. The summed E-state index contributed by atoms with van der Waals surface area (Å²) in [5.74, 6) is -1.65. The smallest absolute Gasteiger partial charge is 0.314 e. The molecule has 0 radical (unpaired) electrons. The molecular formula is C36H56O10. The molecule has 6 N–H and O–H groups in total. The lowest BCUT2D eigenvalue weighted by atomic mass is 9.33. The zero-order valence-electron chi connectivity index (χ0n) is 28.4. The Hall–Kier alpha value is -1.56. The largest absolute Gasteiger partial charge is 0.481 e. The third-order valence-electron chi connectivity index (χ3n) is 15.0. The van der Waals surface area contributed by atoms with Gasteiger partial charge < -0.3 is 40.1 Å². The number of hydrogen-bond donors (Lipinski definition) is 6. The summed E-state index contributed by atoms with van der Waals surface area (Å²) in [5.41, 5.74) is -2.38. The molecule has 46 heavy (non-hydrogen) atoms. The number of aliphatic hydroxyl groups is 4. The topological polar surface area (TPSA) is 174 Å². The summed E-state index contributed by atoms with van der Waals surface area (Å²) in [6.07, 6.45) is 1.58. The number of ether oxygens (including phenoxy) is 2. The quantitative estimate of drug-likeness (QED) is 0.188. The molecule has 10 heteroatoms. The molecule has 0 aromatic rings. The van der Waals surface area contributed by atoms with Crippen molar-refractivity contribution in [2.24, 2.45) is 50.2 Å². The van der Waals surface area contributed by atoms with Gasteiger partial charge in [-0.25, -0.2) is 0 Å².